The summed E-state index contributed by atoms with van der Waals surface area (Å²) in [6.45, 7) is 1.39. The molecule has 0 saturated carbocycles. The van der Waals surface area contributed by atoms with Crippen molar-refractivity contribution in [3.63, 3.8) is 0 Å². The van der Waals surface area contributed by atoms with E-state index in [1.807, 2.05) is 40.9 Å². The Balaban J connectivity index is 1.32. The predicted octanol–water partition coefficient (Wildman–Crippen LogP) is 3.46. The molecule has 3 heterocycles. The predicted molar refractivity (Wildman–Crippen MR) is 92.5 cm³/mol. The van der Waals surface area contributed by atoms with E-state index in [-0.39, 0.29) is 5.82 Å². The number of hydrogen-bond donors (Lipinski definition) is 1. The Morgan fingerprint density at radius 2 is 1.88 bits per heavy atom. The number of rotatable bonds is 6. The summed E-state index contributed by atoms with van der Waals surface area (Å²) >= 11 is 0. The first-order valence-corrected chi connectivity index (χ1v) is 8.13. The van der Waals surface area contributed by atoms with Gasteiger partial charge in [0.15, 0.2) is 5.65 Å². The number of hydrogen-bond acceptors (Lipinski definition) is 4. The summed E-state index contributed by atoms with van der Waals surface area (Å²) < 4.78 is 20.8. The first-order chi connectivity index (χ1) is 12.3. The highest BCUT2D eigenvalue weighted by Gasteiger charge is 2.06. The third-order valence-electron chi connectivity index (χ3n) is 4.00. The Hall–Kier alpha value is -2.99. The fraction of sp³-hybridized carbons (Fsp3) is 0.158. The topological polar surface area (TPSA) is 55.4 Å². The zero-order valence-corrected chi connectivity index (χ0v) is 13.5. The van der Waals surface area contributed by atoms with Crippen molar-refractivity contribution in [2.75, 3.05) is 6.54 Å². The fourth-order valence-electron chi connectivity index (χ4n) is 2.72. The van der Waals surface area contributed by atoms with Gasteiger partial charge < -0.3 is 9.73 Å². The number of halogens is 1. The minimum absolute atomic E-state index is 0.252. The average molecular weight is 336 g/mol. The molecule has 0 aliphatic rings. The van der Waals surface area contributed by atoms with E-state index in [1.165, 1.54) is 12.1 Å². The van der Waals surface area contributed by atoms with Crippen LogP contribution in [-0.2, 0) is 13.0 Å². The van der Waals surface area contributed by atoms with Gasteiger partial charge in [-0.15, -0.1) is 10.2 Å². The van der Waals surface area contributed by atoms with E-state index in [1.54, 1.807) is 12.1 Å². The van der Waals surface area contributed by atoms with Crippen LogP contribution in [0.3, 0.4) is 0 Å². The van der Waals surface area contributed by atoms with Crippen molar-refractivity contribution in [1.29, 1.82) is 0 Å². The monoisotopic (exact) mass is 336 g/mol. The van der Waals surface area contributed by atoms with Crippen LogP contribution in [0.15, 0.2) is 65.2 Å². The zero-order chi connectivity index (χ0) is 17.1. The third-order valence-corrected chi connectivity index (χ3v) is 4.00. The van der Waals surface area contributed by atoms with Crippen LogP contribution in [0.1, 0.15) is 11.6 Å². The summed E-state index contributed by atoms with van der Waals surface area (Å²) in [4.78, 5) is 0. The number of benzene rings is 1. The molecular weight excluding hydrogens is 319 g/mol. The van der Waals surface area contributed by atoms with Crippen molar-refractivity contribution < 1.29 is 8.81 Å². The molecule has 4 aromatic rings. The lowest BCUT2D eigenvalue weighted by molar-refractivity contribution is 0.493. The van der Waals surface area contributed by atoms with E-state index >= 15 is 0 Å². The smallest absolute Gasteiger partial charge is 0.160 e. The van der Waals surface area contributed by atoms with Gasteiger partial charge in [0.05, 0.1) is 6.54 Å². The minimum atomic E-state index is -0.252. The van der Waals surface area contributed by atoms with Crippen LogP contribution in [0.5, 0.6) is 0 Å². The van der Waals surface area contributed by atoms with Gasteiger partial charge in [-0.25, -0.2) is 4.39 Å². The molecule has 0 spiro atoms. The van der Waals surface area contributed by atoms with Crippen molar-refractivity contribution in [1.82, 2.24) is 19.9 Å². The van der Waals surface area contributed by atoms with Crippen molar-refractivity contribution >= 4 is 5.65 Å². The summed E-state index contributed by atoms with van der Waals surface area (Å²) in [5.74, 6) is 2.25. The molecule has 1 aromatic carbocycles. The lowest BCUT2D eigenvalue weighted by Gasteiger charge is -2.02. The number of nitrogens with one attached hydrogen (secondary N) is 1. The van der Waals surface area contributed by atoms with Gasteiger partial charge >= 0.3 is 0 Å². The first-order valence-electron chi connectivity index (χ1n) is 8.13. The number of fused-ring (bicyclic) bond motifs is 1. The van der Waals surface area contributed by atoms with Crippen LogP contribution in [-0.4, -0.2) is 21.1 Å². The number of pyridine rings is 1. The lowest BCUT2D eigenvalue weighted by Crippen LogP contribution is -2.17. The van der Waals surface area contributed by atoms with E-state index in [4.69, 9.17) is 4.42 Å². The number of furan rings is 1. The first kappa shape index (κ1) is 15.5. The van der Waals surface area contributed by atoms with Gasteiger partial charge in [-0.3, -0.25) is 4.40 Å². The summed E-state index contributed by atoms with van der Waals surface area (Å²) in [7, 11) is 0. The molecule has 3 aromatic heterocycles. The van der Waals surface area contributed by atoms with Gasteiger partial charge in [0.2, 0.25) is 0 Å². The Bertz CT molecular complexity index is 974. The molecular formula is C19H17FN4O. The van der Waals surface area contributed by atoms with E-state index in [9.17, 15) is 4.39 Å². The Morgan fingerprint density at radius 1 is 1.00 bits per heavy atom. The maximum atomic E-state index is 13.0. The van der Waals surface area contributed by atoms with Gasteiger partial charge in [0.1, 0.15) is 23.2 Å². The molecule has 0 fully saturated rings. The minimum Gasteiger partial charge on any atom is -0.460 e. The molecule has 0 bridgehead atoms. The summed E-state index contributed by atoms with van der Waals surface area (Å²) in [5, 5.41) is 11.7. The Labute approximate surface area is 144 Å². The quantitative estimate of drug-likeness (QED) is 0.548. The molecule has 0 radical (unpaired) electrons. The zero-order valence-electron chi connectivity index (χ0n) is 13.5. The molecule has 25 heavy (non-hydrogen) atoms. The summed E-state index contributed by atoms with van der Waals surface area (Å²) in [6, 6.07) is 16.0. The van der Waals surface area contributed by atoms with Gasteiger partial charge in [0.25, 0.3) is 0 Å². The van der Waals surface area contributed by atoms with Crippen LogP contribution >= 0.6 is 0 Å². The second-order valence-corrected chi connectivity index (χ2v) is 5.74. The molecule has 0 aliphatic heterocycles. The van der Waals surface area contributed by atoms with Crippen LogP contribution < -0.4 is 5.32 Å². The van der Waals surface area contributed by atoms with Crippen molar-refractivity contribution in [3.05, 3.63) is 78.2 Å². The van der Waals surface area contributed by atoms with Crippen LogP contribution in [0, 0.1) is 5.82 Å². The maximum Gasteiger partial charge on any atom is 0.160 e. The second-order valence-electron chi connectivity index (χ2n) is 5.74. The molecule has 0 unspecified atom stereocenters. The highest BCUT2D eigenvalue weighted by molar-refractivity contribution is 5.57. The van der Waals surface area contributed by atoms with Crippen LogP contribution in [0.4, 0.5) is 4.39 Å². The molecule has 0 amide bonds. The molecule has 6 heteroatoms. The molecule has 4 rings (SSSR count). The van der Waals surface area contributed by atoms with Gasteiger partial charge in [0, 0.05) is 24.7 Å². The Kier molecular flexibility index (Phi) is 4.26. The van der Waals surface area contributed by atoms with Gasteiger partial charge in [-0.1, -0.05) is 6.07 Å². The molecule has 5 nitrogen and oxygen atoms in total. The van der Waals surface area contributed by atoms with E-state index < -0.39 is 0 Å². The number of nitrogens with zero attached hydrogens (tertiary/aromatic N) is 3. The molecule has 126 valence electrons. The Morgan fingerprint density at radius 3 is 2.76 bits per heavy atom. The second kappa shape index (κ2) is 6.86. The normalized spacial score (nSPS) is 11.2. The molecule has 0 atom stereocenters. The highest BCUT2D eigenvalue weighted by atomic mass is 19.1. The van der Waals surface area contributed by atoms with Crippen LogP contribution in [0.2, 0.25) is 0 Å². The number of aromatic nitrogens is 3. The van der Waals surface area contributed by atoms with Gasteiger partial charge in [-0.05, 0) is 48.5 Å². The van der Waals surface area contributed by atoms with Crippen molar-refractivity contribution in [2.45, 2.75) is 13.0 Å². The largest absolute Gasteiger partial charge is 0.460 e. The van der Waals surface area contributed by atoms with E-state index in [2.05, 4.69) is 15.5 Å². The molecule has 1 N–H and O–H groups in total. The van der Waals surface area contributed by atoms with Crippen molar-refractivity contribution in [3.8, 4) is 11.3 Å². The van der Waals surface area contributed by atoms with Crippen molar-refractivity contribution in [2.24, 2.45) is 0 Å². The summed E-state index contributed by atoms with van der Waals surface area (Å²) in [6.07, 6.45) is 2.74. The average Bonchev–Trinajstić information content (AvgIpc) is 3.27. The molecule has 0 saturated heterocycles. The highest BCUT2D eigenvalue weighted by Crippen LogP contribution is 2.22. The third kappa shape index (κ3) is 3.44. The maximum absolute atomic E-state index is 13.0. The van der Waals surface area contributed by atoms with E-state index in [0.29, 0.717) is 6.54 Å². The lowest BCUT2D eigenvalue weighted by atomic mass is 10.2. The standard InChI is InChI=1S/C19H17FN4O/c20-15-6-4-14(5-7-15)17-9-8-16(25-17)13-21-11-10-19-23-22-18-3-1-2-12-24(18)19/h1-9,12,21H,10-11,13H2. The SMILES string of the molecule is Fc1ccc(-c2ccc(CNCCc3nnc4ccccn34)o2)cc1. The molecule has 0 aliphatic carbocycles. The van der Waals surface area contributed by atoms with E-state index in [0.717, 1.165) is 41.5 Å². The van der Waals surface area contributed by atoms with Gasteiger partial charge in [-0.2, -0.15) is 0 Å². The fourth-order valence-corrected chi connectivity index (χ4v) is 2.72. The van der Waals surface area contributed by atoms with Crippen LogP contribution in [0.25, 0.3) is 17.0 Å². The summed E-state index contributed by atoms with van der Waals surface area (Å²) in [5.41, 5.74) is 1.72.